The van der Waals surface area contributed by atoms with Gasteiger partial charge in [-0.05, 0) is 6.42 Å². The number of aliphatic imine (C=N–C) groups is 1. The second-order valence-corrected chi connectivity index (χ2v) is 3.62. The van der Waals surface area contributed by atoms with E-state index in [0.29, 0.717) is 12.1 Å². The number of ether oxygens (including phenoxy) is 1. The van der Waals surface area contributed by atoms with Crippen LogP contribution in [0, 0.1) is 0 Å². The van der Waals surface area contributed by atoms with Crippen LogP contribution in [0.25, 0.3) is 0 Å². The Morgan fingerprint density at radius 3 is 3.08 bits per heavy atom. The number of nitrogens with one attached hydrogen (secondary N) is 2. The highest BCUT2D eigenvalue weighted by Crippen LogP contribution is 2.26. The van der Waals surface area contributed by atoms with E-state index in [2.05, 4.69) is 15.6 Å². The minimum atomic E-state index is 0.214. The normalized spacial score (nSPS) is 44.7. The summed E-state index contributed by atoms with van der Waals surface area (Å²) in [6.07, 6.45) is 1.81. The fourth-order valence-corrected chi connectivity index (χ4v) is 2.23. The van der Waals surface area contributed by atoms with Crippen molar-refractivity contribution >= 4 is 5.84 Å². The molecule has 2 fully saturated rings. The summed E-state index contributed by atoms with van der Waals surface area (Å²) in [6.45, 7) is 2.91. The average molecular weight is 167 g/mol. The van der Waals surface area contributed by atoms with Crippen LogP contribution < -0.4 is 10.6 Å². The molecule has 2 bridgehead atoms. The fraction of sp³-hybridized carbons (Fsp3) is 0.875. The summed E-state index contributed by atoms with van der Waals surface area (Å²) in [5.41, 5.74) is 0. The van der Waals surface area contributed by atoms with Crippen molar-refractivity contribution in [1.82, 2.24) is 10.6 Å². The van der Waals surface area contributed by atoms with E-state index in [1.807, 2.05) is 0 Å². The van der Waals surface area contributed by atoms with Gasteiger partial charge < -0.3 is 15.4 Å². The molecule has 0 aromatic carbocycles. The van der Waals surface area contributed by atoms with Gasteiger partial charge >= 0.3 is 0 Å². The first kappa shape index (κ1) is 6.86. The summed E-state index contributed by atoms with van der Waals surface area (Å²) in [4.78, 5) is 4.38. The van der Waals surface area contributed by atoms with Gasteiger partial charge in [0.05, 0.1) is 12.6 Å². The summed E-state index contributed by atoms with van der Waals surface area (Å²) in [7, 11) is 0. The second kappa shape index (κ2) is 2.44. The predicted octanol–water partition coefficient (Wildman–Crippen LogP) is -0.883. The van der Waals surface area contributed by atoms with Crippen LogP contribution in [0.1, 0.15) is 6.42 Å². The third kappa shape index (κ3) is 0.881. The minimum absolute atomic E-state index is 0.214. The molecule has 4 heteroatoms. The molecule has 3 atom stereocenters. The van der Waals surface area contributed by atoms with Crippen LogP contribution in [0.2, 0.25) is 0 Å². The van der Waals surface area contributed by atoms with Gasteiger partial charge in [-0.25, -0.2) is 0 Å². The van der Waals surface area contributed by atoms with E-state index in [4.69, 9.17) is 4.74 Å². The van der Waals surface area contributed by atoms with Crippen LogP contribution >= 0.6 is 0 Å². The summed E-state index contributed by atoms with van der Waals surface area (Å²) < 4.78 is 5.79. The van der Waals surface area contributed by atoms with E-state index in [9.17, 15) is 0 Å². The van der Waals surface area contributed by atoms with Crippen LogP contribution in [0.15, 0.2) is 4.99 Å². The molecule has 0 spiro atoms. The van der Waals surface area contributed by atoms with Gasteiger partial charge in [-0.15, -0.1) is 0 Å². The molecule has 3 aliphatic heterocycles. The highest BCUT2D eigenvalue weighted by Gasteiger charge is 2.43. The Hall–Kier alpha value is -0.610. The summed E-state index contributed by atoms with van der Waals surface area (Å²) in [5, 5.41) is 6.71. The maximum Gasteiger partial charge on any atom is 0.130 e. The number of morpholine rings is 1. The lowest BCUT2D eigenvalue weighted by Gasteiger charge is -2.23. The van der Waals surface area contributed by atoms with Gasteiger partial charge in [0.25, 0.3) is 0 Å². The van der Waals surface area contributed by atoms with Crippen molar-refractivity contribution in [3.63, 3.8) is 0 Å². The smallest absolute Gasteiger partial charge is 0.130 e. The van der Waals surface area contributed by atoms with E-state index < -0.39 is 0 Å². The Balaban J connectivity index is 1.77. The second-order valence-electron chi connectivity index (χ2n) is 3.62. The molecule has 3 heterocycles. The van der Waals surface area contributed by atoms with Crippen molar-refractivity contribution in [2.75, 3.05) is 19.6 Å². The number of nitrogens with zero attached hydrogens (tertiary/aromatic N) is 1. The highest BCUT2D eigenvalue weighted by molar-refractivity contribution is 5.89. The largest absolute Gasteiger partial charge is 0.370 e. The topological polar surface area (TPSA) is 45.6 Å². The van der Waals surface area contributed by atoms with Gasteiger partial charge in [-0.2, -0.15) is 0 Å². The predicted molar refractivity (Wildman–Crippen MR) is 45.4 cm³/mol. The molecule has 0 aromatic rings. The van der Waals surface area contributed by atoms with E-state index in [1.165, 1.54) is 0 Å². The molecule has 4 nitrogen and oxygen atoms in total. The molecule has 66 valence electrons. The quantitative estimate of drug-likeness (QED) is 0.533. The third-order valence-corrected chi connectivity index (χ3v) is 2.80. The lowest BCUT2D eigenvalue weighted by molar-refractivity contribution is 0.0542. The van der Waals surface area contributed by atoms with Crippen molar-refractivity contribution in [3.05, 3.63) is 0 Å². The summed E-state index contributed by atoms with van der Waals surface area (Å²) >= 11 is 0. The van der Waals surface area contributed by atoms with Gasteiger partial charge in [0.1, 0.15) is 11.9 Å². The Morgan fingerprint density at radius 1 is 1.50 bits per heavy atom. The van der Waals surface area contributed by atoms with Gasteiger partial charge in [0.15, 0.2) is 0 Å². The van der Waals surface area contributed by atoms with Gasteiger partial charge in [-0.3, -0.25) is 4.99 Å². The van der Waals surface area contributed by atoms with Crippen LogP contribution in [-0.2, 0) is 4.74 Å². The molecule has 2 saturated heterocycles. The van der Waals surface area contributed by atoms with Gasteiger partial charge in [-0.1, -0.05) is 0 Å². The number of hydrogen-bond donors (Lipinski definition) is 2. The molecule has 0 radical (unpaired) electrons. The standard InChI is InChI=1S/C8H13N3O/c1-2-10-8(9-1)7-6-3-5(12-7)4-11-6/h5-7,11H,1-4H2,(H,9,10). The first-order chi connectivity index (χ1) is 5.93. The van der Waals surface area contributed by atoms with Gasteiger partial charge in [0.2, 0.25) is 0 Å². The lowest BCUT2D eigenvalue weighted by Crippen LogP contribution is -2.47. The number of fused-ring (bicyclic) bond motifs is 2. The Kier molecular flexibility index (Phi) is 1.39. The zero-order chi connectivity index (χ0) is 7.97. The van der Waals surface area contributed by atoms with Gasteiger partial charge in [0, 0.05) is 19.1 Å². The van der Waals surface area contributed by atoms with Crippen LogP contribution in [-0.4, -0.2) is 43.7 Å². The Labute approximate surface area is 71.4 Å². The van der Waals surface area contributed by atoms with E-state index in [1.54, 1.807) is 0 Å². The van der Waals surface area contributed by atoms with Crippen molar-refractivity contribution in [3.8, 4) is 0 Å². The number of amidine groups is 1. The molecular formula is C8H13N3O. The van der Waals surface area contributed by atoms with E-state index in [-0.39, 0.29) is 6.10 Å². The first-order valence-electron chi connectivity index (χ1n) is 4.60. The molecule has 12 heavy (non-hydrogen) atoms. The van der Waals surface area contributed by atoms with Crippen LogP contribution in [0.5, 0.6) is 0 Å². The Morgan fingerprint density at radius 2 is 2.50 bits per heavy atom. The molecule has 0 saturated carbocycles. The Bertz CT molecular complexity index is 228. The van der Waals surface area contributed by atoms with Crippen molar-refractivity contribution < 1.29 is 4.74 Å². The summed E-state index contributed by atoms with van der Waals surface area (Å²) in [6, 6.07) is 0.513. The number of hydrogen-bond acceptors (Lipinski definition) is 4. The van der Waals surface area contributed by atoms with Crippen molar-refractivity contribution in [1.29, 1.82) is 0 Å². The SMILES string of the molecule is C1CNC(C2OC3CNC2C3)=N1. The summed E-state index contributed by atoms with van der Waals surface area (Å²) in [5.74, 6) is 1.06. The van der Waals surface area contributed by atoms with E-state index >= 15 is 0 Å². The minimum Gasteiger partial charge on any atom is -0.370 e. The van der Waals surface area contributed by atoms with Crippen molar-refractivity contribution in [2.24, 2.45) is 4.99 Å². The van der Waals surface area contributed by atoms with Crippen LogP contribution in [0.4, 0.5) is 0 Å². The molecule has 0 aromatic heterocycles. The first-order valence-corrected chi connectivity index (χ1v) is 4.60. The fourth-order valence-electron chi connectivity index (χ4n) is 2.23. The number of rotatable bonds is 1. The molecule has 3 unspecified atom stereocenters. The maximum atomic E-state index is 5.79. The molecule has 2 N–H and O–H groups in total. The van der Waals surface area contributed by atoms with Crippen molar-refractivity contribution in [2.45, 2.75) is 24.7 Å². The van der Waals surface area contributed by atoms with Crippen LogP contribution in [0.3, 0.4) is 0 Å². The molecule has 3 aliphatic rings. The average Bonchev–Trinajstić information content (AvgIpc) is 2.81. The molecular weight excluding hydrogens is 154 g/mol. The molecule has 0 aliphatic carbocycles. The third-order valence-electron chi connectivity index (χ3n) is 2.80. The monoisotopic (exact) mass is 167 g/mol. The highest BCUT2D eigenvalue weighted by atomic mass is 16.5. The lowest BCUT2D eigenvalue weighted by atomic mass is 10.1. The maximum absolute atomic E-state index is 5.79. The zero-order valence-electron chi connectivity index (χ0n) is 6.92. The zero-order valence-corrected chi connectivity index (χ0v) is 6.92. The van der Waals surface area contributed by atoms with E-state index in [0.717, 1.165) is 31.9 Å². The molecule has 0 amide bonds. The molecule has 3 rings (SSSR count).